The molecule has 2 amide bonds. The number of hydrogen-bond acceptors (Lipinski definition) is 3. The van der Waals surface area contributed by atoms with Gasteiger partial charge in [-0.3, -0.25) is 9.59 Å². The summed E-state index contributed by atoms with van der Waals surface area (Å²) in [5.41, 5.74) is 6.61. The van der Waals surface area contributed by atoms with E-state index in [1.165, 1.54) is 0 Å². The van der Waals surface area contributed by atoms with E-state index >= 15 is 0 Å². The molecule has 5 nitrogen and oxygen atoms in total. The zero-order chi connectivity index (χ0) is 15.4. The Morgan fingerprint density at radius 1 is 1.10 bits per heavy atom. The second-order valence-electron chi connectivity index (χ2n) is 4.25. The molecule has 6 heteroatoms. The summed E-state index contributed by atoms with van der Waals surface area (Å²) in [7, 11) is 1.56. The lowest BCUT2D eigenvalue weighted by Crippen LogP contribution is -2.13. The van der Waals surface area contributed by atoms with Gasteiger partial charge in [-0.05, 0) is 58.4 Å². The average Bonchev–Trinajstić information content (AvgIpc) is 2.47. The molecule has 0 heterocycles. The Morgan fingerprint density at radius 3 is 2.24 bits per heavy atom. The van der Waals surface area contributed by atoms with Crippen LogP contribution >= 0.6 is 15.9 Å². The summed E-state index contributed by atoms with van der Waals surface area (Å²) in [5.74, 6) is -0.116. The molecule has 0 saturated heterocycles. The van der Waals surface area contributed by atoms with Crippen molar-refractivity contribution in [2.75, 3.05) is 12.4 Å². The molecule has 21 heavy (non-hydrogen) atoms. The lowest BCUT2D eigenvalue weighted by Gasteiger charge is -2.08. The maximum absolute atomic E-state index is 12.1. The van der Waals surface area contributed by atoms with E-state index in [9.17, 15) is 9.59 Å². The Kier molecular flexibility index (Phi) is 4.59. The van der Waals surface area contributed by atoms with E-state index < -0.39 is 5.91 Å². The van der Waals surface area contributed by atoms with Crippen LogP contribution in [0.3, 0.4) is 0 Å². The lowest BCUT2D eigenvalue weighted by atomic mass is 10.1. The van der Waals surface area contributed by atoms with Crippen molar-refractivity contribution in [3.63, 3.8) is 0 Å². The second kappa shape index (κ2) is 6.41. The van der Waals surface area contributed by atoms with E-state index in [0.717, 1.165) is 0 Å². The van der Waals surface area contributed by atoms with Gasteiger partial charge in [-0.2, -0.15) is 0 Å². The van der Waals surface area contributed by atoms with Crippen molar-refractivity contribution in [1.29, 1.82) is 0 Å². The third kappa shape index (κ3) is 3.61. The molecule has 2 aromatic rings. The van der Waals surface area contributed by atoms with E-state index in [-0.39, 0.29) is 5.91 Å². The topological polar surface area (TPSA) is 81.4 Å². The van der Waals surface area contributed by atoms with E-state index in [1.807, 2.05) is 0 Å². The molecule has 0 bridgehead atoms. The number of nitrogens with two attached hydrogens (primary N) is 1. The molecule has 0 saturated carbocycles. The number of ether oxygens (including phenoxy) is 1. The number of anilines is 1. The molecule has 0 fully saturated rings. The highest BCUT2D eigenvalue weighted by Crippen LogP contribution is 2.25. The predicted octanol–water partition coefficient (Wildman–Crippen LogP) is 2.81. The van der Waals surface area contributed by atoms with E-state index in [4.69, 9.17) is 10.5 Å². The van der Waals surface area contributed by atoms with Gasteiger partial charge in [0, 0.05) is 16.8 Å². The van der Waals surface area contributed by atoms with Crippen LogP contribution in [0, 0.1) is 0 Å². The summed E-state index contributed by atoms with van der Waals surface area (Å²) in [6, 6.07) is 11.4. The van der Waals surface area contributed by atoms with Gasteiger partial charge < -0.3 is 15.8 Å². The number of primary amides is 1. The first-order valence-corrected chi connectivity index (χ1v) is 6.85. The zero-order valence-electron chi connectivity index (χ0n) is 11.2. The Labute approximate surface area is 130 Å². The van der Waals surface area contributed by atoms with Gasteiger partial charge in [0.05, 0.1) is 11.6 Å². The van der Waals surface area contributed by atoms with Crippen molar-refractivity contribution in [3.05, 3.63) is 58.1 Å². The highest BCUT2D eigenvalue weighted by atomic mass is 79.9. The minimum atomic E-state index is -0.507. The van der Waals surface area contributed by atoms with Crippen molar-refractivity contribution >= 4 is 33.4 Å². The number of carbonyl (C=O) groups excluding carboxylic acids is 2. The highest BCUT2D eigenvalue weighted by Gasteiger charge is 2.09. The number of hydrogen-bond donors (Lipinski definition) is 2. The van der Waals surface area contributed by atoms with Crippen LogP contribution in [0.2, 0.25) is 0 Å². The van der Waals surface area contributed by atoms with Crippen LogP contribution in [0.1, 0.15) is 20.7 Å². The maximum atomic E-state index is 12.1. The molecule has 0 atom stereocenters. The molecule has 0 aliphatic heterocycles. The minimum Gasteiger partial charge on any atom is -0.496 e. The number of rotatable bonds is 4. The van der Waals surface area contributed by atoms with Crippen molar-refractivity contribution in [2.45, 2.75) is 0 Å². The van der Waals surface area contributed by atoms with Gasteiger partial charge in [0.1, 0.15) is 5.75 Å². The number of methoxy groups -OCH3 is 1. The smallest absolute Gasteiger partial charge is 0.255 e. The molecule has 2 aromatic carbocycles. The SMILES string of the molecule is COc1ccc(C(=O)Nc2ccc(C(N)=O)cc2)cc1Br. The van der Waals surface area contributed by atoms with Crippen LogP contribution in [0.15, 0.2) is 46.9 Å². The van der Waals surface area contributed by atoms with Crippen molar-refractivity contribution < 1.29 is 14.3 Å². The fraction of sp³-hybridized carbons (Fsp3) is 0.0667. The molecule has 2 rings (SSSR count). The first-order chi connectivity index (χ1) is 10.0. The first-order valence-electron chi connectivity index (χ1n) is 6.06. The molecule has 108 valence electrons. The van der Waals surface area contributed by atoms with Crippen LogP contribution in [0.4, 0.5) is 5.69 Å². The molecule has 3 N–H and O–H groups in total. The Balaban J connectivity index is 2.14. The van der Waals surface area contributed by atoms with Crippen molar-refractivity contribution in [2.24, 2.45) is 5.73 Å². The van der Waals surface area contributed by atoms with Gasteiger partial charge in [-0.1, -0.05) is 0 Å². The van der Waals surface area contributed by atoms with E-state index in [2.05, 4.69) is 21.2 Å². The van der Waals surface area contributed by atoms with Gasteiger partial charge in [0.25, 0.3) is 5.91 Å². The molecule has 0 unspecified atom stereocenters. The Hall–Kier alpha value is -2.34. The van der Waals surface area contributed by atoms with Crippen LogP contribution in [0.25, 0.3) is 0 Å². The second-order valence-corrected chi connectivity index (χ2v) is 5.10. The first kappa shape index (κ1) is 15.1. The van der Waals surface area contributed by atoms with Crippen molar-refractivity contribution in [3.8, 4) is 5.75 Å². The third-order valence-corrected chi connectivity index (χ3v) is 3.46. The van der Waals surface area contributed by atoms with Gasteiger partial charge in [0.2, 0.25) is 5.91 Å². The standard InChI is InChI=1S/C15H13BrN2O3/c1-21-13-7-4-10(8-12(13)16)15(20)18-11-5-2-9(3-6-11)14(17)19/h2-8H,1H3,(H2,17,19)(H,18,20). The fourth-order valence-corrected chi connectivity index (χ4v) is 2.27. The maximum Gasteiger partial charge on any atom is 0.255 e. The largest absolute Gasteiger partial charge is 0.496 e. The number of halogens is 1. The van der Waals surface area contributed by atoms with Gasteiger partial charge in [-0.15, -0.1) is 0 Å². The molecule has 0 radical (unpaired) electrons. The van der Waals surface area contributed by atoms with Gasteiger partial charge >= 0.3 is 0 Å². The zero-order valence-corrected chi connectivity index (χ0v) is 12.8. The van der Waals surface area contributed by atoms with Crippen LogP contribution in [-0.2, 0) is 0 Å². The number of benzene rings is 2. The molecular weight excluding hydrogens is 336 g/mol. The Bertz CT molecular complexity index is 684. The van der Waals surface area contributed by atoms with Crippen LogP contribution in [-0.4, -0.2) is 18.9 Å². The number of nitrogens with one attached hydrogen (secondary N) is 1. The number of carbonyl (C=O) groups is 2. The van der Waals surface area contributed by atoms with Gasteiger partial charge in [0.15, 0.2) is 0 Å². The molecular formula is C15H13BrN2O3. The van der Waals surface area contributed by atoms with Crippen LogP contribution < -0.4 is 15.8 Å². The van der Waals surface area contributed by atoms with E-state index in [0.29, 0.717) is 27.0 Å². The summed E-state index contributed by atoms with van der Waals surface area (Å²) in [4.78, 5) is 23.1. The quantitative estimate of drug-likeness (QED) is 0.891. The monoisotopic (exact) mass is 348 g/mol. The predicted molar refractivity (Wildman–Crippen MR) is 83.6 cm³/mol. The Morgan fingerprint density at radius 2 is 1.71 bits per heavy atom. The van der Waals surface area contributed by atoms with Crippen LogP contribution in [0.5, 0.6) is 5.75 Å². The molecule has 0 aromatic heterocycles. The normalized spacial score (nSPS) is 10.0. The third-order valence-electron chi connectivity index (χ3n) is 2.84. The average molecular weight is 349 g/mol. The summed E-state index contributed by atoms with van der Waals surface area (Å²) in [5, 5.41) is 2.74. The number of amides is 2. The van der Waals surface area contributed by atoms with Gasteiger partial charge in [-0.25, -0.2) is 0 Å². The van der Waals surface area contributed by atoms with E-state index in [1.54, 1.807) is 49.6 Å². The van der Waals surface area contributed by atoms with Crippen molar-refractivity contribution in [1.82, 2.24) is 0 Å². The highest BCUT2D eigenvalue weighted by molar-refractivity contribution is 9.10. The fourth-order valence-electron chi connectivity index (χ4n) is 1.73. The lowest BCUT2D eigenvalue weighted by molar-refractivity contribution is 0.0998. The summed E-state index contributed by atoms with van der Waals surface area (Å²) in [6.07, 6.45) is 0. The summed E-state index contributed by atoms with van der Waals surface area (Å²) < 4.78 is 5.81. The molecule has 0 aliphatic rings. The molecule has 0 aliphatic carbocycles. The summed E-state index contributed by atoms with van der Waals surface area (Å²) >= 11 is 3.33. The minimum absolute atomic E-state index is 0.259. The molecule has 0 spiro atoms. The summed E-state index contributed by atoms with van der Waals surface area (Å²) in [6.45, 7) is 0.